The Hall–Kier alpha value is -3.08. The minimum atomic E-state index is 0.290. The highest BCUT2D eigenvalue weighted by Gasteiger charge is 2.09. The molecule has 0 aliphatic rings. The summed E-state index contributed by atoms with van der Waals surface area (Å²) in [4.78, 5) is 8.28. The zero-order valence-corrected chi connectivity index (χ0v) is 14.4. The van der Waals surface area contributed by atoms with E-state index in [1.165, 1.54) is 0 Å². The molecule has 0 amide bonds. The van der Waals surface area contributed by atoms with Crippen LogP contribution in [0.1, 0.15) is 22.4 Å². The summed E-state index contributed by atoms with van der Waals surface area (Å²) in [6.45, 7) is 2.45. The van der Waals surface area contributed by atoms with E-state index in [0.717, 1.165) is 33.9 Å². The standard InChI is InChI=1S/C20H21N3O2/c1-14-17(12-22-20(21)23-14)10-16-8-9-18(11-19(16)24-2)25-13-15-6-4-3-5-7-15/h3-9,11-12H,10,13H2,1-2H3,(H2,21,22,23). The SMILES string of the molecule is COc1cc(OCc2ccccc2)ccc1Cc1cnc(N)nc1C. The van der Waals surface area contributed by atoms with Gasteiger partial charge in [0.15, 0.2) is 0 Å². The van der Waals surface area contributed by atoms with Crippen LogP contribution in [0.3, 0.4) is 0 Å². The lowest BCUT2D eigenvalue weighted by atomic mass is 10.0. The summed E-state index contributed by atoms with van der Waals surface area (Å²) in [6.07, 6.45) is 2.44. The minimum Gasteiger partial charge on any atom is -0.496 e. The van der Waals surface area contributed by atoms with Crippen LogP contribution in [-0.4, -0.2) is 17.1 Å². The predicted octanol–water partition coefficient (Wildman–Crippen LogP) is 3.55. The van der Waals surface area contributed by atoms with Crippen molar-refractivity contribution < 1.29 is 9.47 Å². The molecule has 3 aromatic rings. The fourth-order valence-corrected chi connectivity index (χ4v) is 2.59. The van der Waals surface area contributed by atoms with Gasteiger partial charge in [-0.1, -0.05) is 36.4 Å². The number of ether oxygens (including phenoxy) is 2. The Balaban J connectivity index is 1.75. The number of aromatic nitrogens is 2. The van der Waals surface area contributed by atoms with E-state index in [2.05, 4.69) is 9.97 Å². The Morgan fingerprint density at radius 3 is 2.56 bits per heavy atom. The average Bonchev–Trinajstić information content (AvgIpc) is 2.64. The lowest BCUT2D eigenvalue weighted by molar-refractivity contribution is 0.303. The van der Waals surface area contributed by atoms with Gasteiger partial charge in [-0.2, -0.15) is 0 Å². The van der Waals surface area contributed by atoms with E-state index < -0.39 is 0 Å². The molecular formula is C20H21N3O2. The fraction of sp³-hybridized carbons (Fsp3) is 0.200. The summed E-state index contributed by atoms with van der Waals surface area (Å²) >= 11 is 0. The number of hydrogen-bond donors (Lipinski definition) is 1. The average molecular weight is 335 g/mol. The Bertz CT molecular complexity index is 851. The highest BCUT2D eigenvalue weighted by Crippen LogP contribution is 2.27. The molecule has 0 spiro atoms. The van der Waals surface area contributed by atoms with Crippen LogP contribution in [0.15, 0.2) is 54.7 Å². The summed E-state index contributed by atoms with van der Waals surface area (Å²) in [7, 11) is 1.66. The number of nitrogen functional groups attached to an aromatic ring is 1. The van der Waals surface area contributed by atoms with Gasteiger partial charge in [-0.15, -0.1) is 0 Å². The van der Waals surface area contributed by atoms with Crippen molar-refractivity contribution >= 4 is 5.95 Å². The quantitative estimate of drug-likeness (QED) is 0.746. The first-order valence-electron chi connectivity index (χ1n) is 8.07. The first-order chi connectivity index (χ1) is 12.2. The molecule has 2 aromatic carbocycles. The van der Waals surface area contributed by atoms with E-state index in [4.69, 9.17) is 15.2 Å². The van der Waals surface area contributed by atoms with Gasteiger partial charge in [-0.25, -0.2) is 9.97 Å². The number of methoxy groups -OCH3 is 1. The Morgan fingerprint density at radius 1 is 1.04 bits per heavy atom. The monoisotopic (exact) mass is 335 g/mol. The van der Waals surface area contributed by atoms with E-state index in [1.54, 1.807) is 13.3 Å². The van der Waals surface area contributed by atoms with Gasteiger partial charge >= 0.3 is 0 Å². The smallest absolute Gasteiger partial charge is 0.220 e. The maximum absolute atomic E-state index is 5.86. The highest BCUT2D eigenvalue weighted by atomic mass is 16.5. The van der Waals surface area contributed by atoms with Crippen LogP contribution >= 0.6 is 0 Å². The Kier molecular flexibility index (Phi) is 5.14. The maximum atomic E-state index is 5.86. The lowest BCUT2D eigenvalue weighted by Crippen LogP contribution is -2.02. The largest absolute Gasteiger partial charge is 0.496 e. The molecule has 1 aromatic heterocycles. The molecule has 1 heterocycles. The molecule has 0 radical (unpaired) electrons. The molecule has 3 rings (SSSR count). The number of benzene rings is 2. The molecule has 0 atom stereocenters. The van der Waals surface area contributed by atoms with Crippen molar-refractivity contribution in [3.05, 3.63) is 77.1 Å². The third kappa shape index (κ3) is 4.26. The van der Waals surface area contributed by atoms with Crippen molar-refractivity contribution in [2.24, 2.45) is 0 Å². The van der Waals surface area contributed by atoms with Gasteiger partial charge in [0.25, 0.3) is 0 Å². The third-order valence-electron chi connectivity index (χ3n) is 3.99. The molecule has 25 heavy (non-hydrogen) atoms. The molecule has 0 aliphatic carbocycles. The van der Waals surface area contributed by atoms with E-state index in [0.29, 0.717) is 13.0 Å². The number of rotatable bonds is 6. The highest BCUT2D eigenvalue weighted by molar-refractivity contribution is 5.44. The number of nitrogens with zero attached hydrogens (tertiary/aromatic N) is 2. The van der Waals surface area contributed by atoms with Crippen molar-refractivity contribution in [1.82, 2.24) is 9.97 Å². The second-order valence-electron chi connectivity index (χ2n) is 5.76. The lowest BCUT2D eigenvalue weighted by Gasteiger charge is -2.13. The van der Waals surface area contributed by atoms with Crippen LogP contribution in [0.5, 0.6) is 11.5 Å². The topological polar surface area (TPSA) is 70.3 Å². The second-order valence-corrected chi connectivity index (χ2v) is 5.76. The second kappa shape index (κ2) is 7.66. The van der Waals surface area contributed by atoms with Crippen molar-refractivity contribution in [1.29, 1.82) is 0 Å². The number of aryl methyl sites for hydroxylation is 1. The summed E-state index contributed by atoms with van der Waals surface area (Å²) in [6, 6.07) is 15.9. The van der Waals surface area contributed by atoms with Gasteiger partial charge in [-0.05, 0) is 29.7 Å². The van der Waals surface area contributed by atoms with Crippen LogP contribution in [0.4, 0.5) is 5.95 Å². The summed E-state index contributed by atoms with van der Waals surface area (Å²) in [5, 5.41) is 0. The molecular weight excluding hydrogens is 314 g/mol. The number of anilines is 1. The van der Waals surface area contributed by atoms with Gasteiger partial charge in [0.1, 0.15) is 18.1 Å². The Morgan fingerprint density at radius 2 is 1.84 bits per heavy atom. The molecule has 0 saturated carbocycles. The fourth-order valence-electron chi connectivity index (χ4n) is 2.59. The number of nitrogens with two attached hydrogens (primary N) is 1. The van der Waals surface area contributed by atoms with Crippen LogP contribution in [0.25, 0.3) is 0 Å². The first-order valence-corrected chi connectivity index (χ1v) is 8.07. The summed E-state index contributed by atoms with van der Waals surface area (Å²) in [5.41, 5.74) is 9.68. The van der Waals surface area contributed by atoms with E-state index in [-0.39, 0.29) is 5.95 Å². The normalized spacial score (nSPS) is 10.5. The van der Waals surface area contributed by atoms with Gasteiger partial charge < -0.3 is 15.2 Å². The van der Waals surface area contributed by atoms with E-state index in [9.17, 15) is 0 Å². The third-order valence-corrected chi connectivity index (χ3v) is 3.99. The van der Waals surface area contributed by atoms with Crippen molar-refractivity contribution in [3.63, 3.8) is 0 Å². The van der Waals surface area contributed by atoms with Crippen LogP contribution in [0.2, 0.25) is 0 Å². The van der Waals surface area contributed by atoms with E-state index in [1.807, 2.05) is 55.5 Å². The van der Waals surface area contributed by atoms with Crippen molar-refractivity contribution in [2.75, 3.05) is 12.8 Å². The molecule has 0 aliphatic heterocycles. The molecule has 0 saturated heterocycles. The molecule has 2 N–H and O–H groups in total. The maximum Gasteiger partial charge on any atom is 0.220 e. The first kappa shape index (κ1) is 16.8. The molecule has 0 unspecified atom stereocenters. The van der Waals surface area contributed by atoms with Crippen molar-refractivity contribution in [3.8, 4) is 11.5 Å². The van der Waals surface area contributed by atoms with Gasteiger partial charge in [-0.3, -0.25) is 0 Å². The van der Waals surface area contributed by atoms with Crippen LogP contribution in [0, 0.1) is 6.92 Å². The molecule has 5 heteroatoms. The summed E-state index contributed by atoms with van der Waals surface area (Å²) < 4.78 is 11.4. The van der Waals surface area contributed by atoms with Crippen molar-refractivity contribution in [2.45, 2.75) is 20.0 Å². The van der Waals surface area contributed by atoms with Crippen LogP contribution < -0.4 is 15.2 Å². The zero-order valence-electron chi connectivity index (χ0n) is 14.4. The van der Waals surface area contributed by atoms with Gasteiger partial charge in [0.05, 0.1) is 7.11 Å². The van der Waals surface area contributed by atoms with Gasteiger partial charge in [0, 0.05) is 24.4 Å². The van der Waals surface area contributed by atoms with Crippen LogP contribution in [-0.2, 0) is 13.0 Å². The minimum absolute atomic E-state index is 0.290. The molecule has 0 fully saturated rings. The van der Waals surface area contributed by atoms with Gasteiger partial charge in [0.2, 0.25) is 5.95 Å². The van der Waals surface area contributed by atoms with E-state index >= 15 is 0 Å². The molecule has 0 bridgehead atoms. The predicted molar refractivity (Wildman–Crippen MR) is 97.8 cm³/mol. The molecule has 128 valence electrons. The zero-order chi connectivity index (χ0) is 17.6. The Labute approximate surface area is 147 Å². The number of hydrogen-bond acceptors (Lipinski definition) is 5. The molecule has 5 nitrogen and oxygen atoms in total. The summed E-state index contributed by atoms with van der Waals surface area (Å²) in [5.74, 6) is 1.84.